The zero-order valence-electron chi connectivity index (χ0n) is 7.04. The zero-order chi connectivity index (χ0) is 12.7. The summed E-state index contributed by atoms with van der Waals surface area (Å²) < 4.78 is 87.4. The summed E-state index contributed by atoms with van der Waals surface area (Å²) in [4.78, 5) is 12.5. The van der Waals surface area contributed by atoms with Crippen molar-refractivity contribution in [2.45, 2.75) is 11.8 Å². The molecule has 1 rings (SSSR count). The molecule has 0 N–H and O–H groups in total. The topological polar surface area (TPSA) is 26.3 Å². The number of halogens is 7. The molecule has 0 aromatic rings. The van der Waals surface area contributed by atoms with Crippen molar-refractivity contribution in [2.75, 3.05) is 0 Å². The Morgan fingerprint density at radius 2 is 1.69 bits per heavy atom. The van der Waals surface area contributed by atoms with Crippen LogP contribution in [0.5, 0.6) is 0 Å². The maximum Gasteiger partial charge on any atom is 0.396 e. The van der Waals surface area contributed by atoms with Gasteiger partial charge in [-0.3, -0.25) is 4.94 Å². The molecule has 0 amide bonds. The fourth-order valence-electron chi connectivity index (χ4n) is 1.01. The molecule has 90 valence electrons. The van der Waals surface area contributed by atoms with Crippen molar-refractivity contribution in [3.05, 3.63) is 23.3 Å². The molecule has 0 aliphatic heterocycles. The maximum atomic E-state index is 13.2. The first-order valence-corrected chi connectivity index (χ1v) is 3.55. The average molecular weight is 250 g/mol. The Morgan fingerprint density at radius 3 is 2.12 bits per heavy atom. The molecule has 0 spiro atoms. The minimum atomic E-state index is -4.71. The van der Waals surface area contributed by atoms with Crippen molar-refractivity contribution >= 4 is 5.97 Å². The van der Waals surface area contributed by atoms with Crippen LogP contribution in [0.15, 0.2) is 23.3 Å². The van der Waals surface area contributed by atoms with E-state index in [0.29, 0.717) is 0 Å². The van der Waals surface area contributed by atoms with Gasteiger partial charge in [-0.1, -0.05) is 0 Å². The van der Waals surface area contributed by atoms with Gasteiger partial charge in [0, 0.05) is 4.53 Å². The zero-order valence-corrected chi connectivity index (χ0v) is 7.04. The standard InChI is InChI=1S/C7HF7O2/c8-1-2(9)4(11)7(13,6(15)16-14)5(12)3(1)10/h4H. The number of allylic oxidation sites excluding steroid dienone is 3. The lowest BCUT2D eigenvalue weighted by Gasteiger charge is -2.25. The molecule has 2 atom stereocenters. The van der Waals surface area contributed by atoms with E-state index in [4.69, 9.17) is 0 Å². The molecule has 0 saturated heterocycles. The lowest BCUT2D eigenvalue weighted by Crippen LogP contribution is -2.47. The SMILES string of the molecule is O=C(OF)C1(F)C(F)=C(F)C(F)=C(F)C1F. The summed E-state index contributed by atoms with van der Waals surface area (Å²) in [5.41, 5.74) is -4.71. The quantitative estimate of drug-likeness (QED) is 0.669. The van der Waals surface area contributed by atoms with Gasteiger partial charge in [0.15, 0.2) is 23.3 Å². The first kappa shape index (κ1) is 12.5. The Kier molecular flexibility index (Phi) is 2.97. The highest BCUT2D eigenvalue weighted by Crippen LogP contribution is 2.45. The Balaban J connectivity index is 3.41. The van der Waals surface area contributed by atoms with Gasteiger partial charge in [-0.25, -0.2) is 31.1 Å². The van der Waals surface area contributed by atoms with Crippen molar-refractivity contribution in [1.82, 2.24) is 0 Å². The Labute approximate surface area is 82.9 Å². The summed E-state index contributed by atoms with van der Waals surface area (Å²) in [6.07, 6.45) is -3.87. The van der Waals surface area contributed by atoms with Crippen molar-refractivity contribution in [2.24, 2.45) is 0 Å². The van der Waals surface area contributed by atoms with E-state index in [0.717, 1.165) is 0 Å². The average Bonchev–Trinajstić information content (AvgIpc) is 2.30. The van der Waals surface area contributed by atoms with Gasteiger partial charge in [0.05, 0.1) is 0 Å². The third-order valence-electron chi connectivity index (χ3n) is 1.85. The molecule has 0 heterocycles. The summed E-state index contributed by atoms with van der Waals surface area (Å²) in [7, 11) is 0. The number of carbonyl (C=O) groups is 1. The first-order chi connectivity index (χ1) is 7.28. The van der Waals surface area contributed by atoms with Crippen LogP contribution in [0.25, 0.3) is 0 Å². The molecule has 0 saturated carbocycles. The second kappa shape index (κ2) is 3.80. The van der Waals surface area contributed by atoms with Gasteiger partial charge in [0.2, 0.25) is 6.17 Å². The summed E-state index contributed by atoms with van der Waals surface area (Å²) >= 11 is 0. The van der Waals surface area contributed by atoms with E-state index in [2.05, 4.69) is 4.94 Å². The normalized spacial score (nSPS) is 30.8. The number of hydrogen-bond donors (Lipinski definition) is 0. The largest absolute Gasteiger partial charge is 0.396 e. The minimum absolute atomic E-state index is 2.16. The lowest BCUT2D eigenvalue weighted by atomic mass is 9.92. The smallest absolute Gasteiger partial charge is 0.251 e. The van der Waals surface area contributed by atoms with E-state index in [-0.39, 0.29) is 0 Å². The van der Waals surface area contributed by atoms with Gasteiger partial charge in [0.1, 0.15) is 0 Å². The molecule has 0 aromatic carbocycles. The molecule has 0 aromatic heterocycles. The molecule has 2 unspecified atom stereocenters. The van der Waals surface area contributed by atoms with Crippen LogP contribution < -0.4 is 0 Å². The molecular weight excluding hydrogens is 249 g/mol. The lowest BCUT2D eigenvalue weighted by molar-refractivity contribution is -0.201. The molecule has 1 aliphatic carbocycles. The van der Waals surface area contributed by atoms with E-state index in [1.54, 1.807) is 0 Å². The van der Waals surface area contributed by atoms with Crippen LogP contribution in [0.3, 0.4) is 0 Å². The second-order valence-electron chi connectivity index (χ2n) is 2.73. The van der Waals surface area contributed by atoms with Crippen LogP contribution in [0.2, 0.25) is 0 Å². The first-order valence-electron chi connectivity index (χ1n) is 3.55. The summed E-state index contributed by atoms with van der Waals surface area (Å²) in [5.74, 6) is -13.9. The number of rotatable bonds is 1. The molecule has 2 nitrogen and oxygen atoms in total. The van der Waals surface area contributed by atoms with E-state index < -0.39 is 41.1 Å². The third kappa shape index (κ3) is 1.38. The van der Waals surface area contributed by atoms with Gasteiger partial charge in [-0.2, -0.15) is 0 Å². The van der Waals surface area contributed by atoms with E-state index in [1.165, 1.54) is 0 Å². The maximum absolute atomic E-state index is 13.2. The molecule has 0 fully saturated rings. The number of alkyl halides is 2. The third-order valence-corrected chi connectivity index (χ3v) is 1.85. The van der Waals surface area contributed by atoms with Gasteiger partial charge in [0.25, 0.3) is 0 Å². The van der Waals surface area contributed by atoms with Crippen molar-refractivity contribution in [3.8, 4) is 0 Å². The highest BCUT2D eigenvalue weighted by molar-refractivity contribution is 5.85. The second-order valence-corrected chi connectivity index (χ2v) is 2.73. The van der Waals surface area contributed by atoms with E-state index in [1.807, 2.05) is 0 Å². The predicted octanol–water partition coefficient (Wildman–Crippen LogP) is 2.78. The fourth-order valence-corrected chi connectivity index (χ4v) is 1.01. The van der Waals surface area contributed by atoms with Crippen LogP contribution in [0.4, 0.5) is 30.9 Å². The molecule has 0 bridgehead atoms. The van der Waals surface area contributed by atoms with Crippen molar-refractivity contribution in [1.29, 1.82) is 0 Å². The Bertz CT molecular complexity index is 402. The fraction of sp³-hybridized carbons (Fsp3) is 0.286. The molecular formula is C7HF7O2. The number of hydrogen-bond acceptors (Lipinski definition) is 2. The van der Waals surface area contributed by atoms with Crippen LogP contribution in [0, 0.1) is 0 Å². The molecule has 9 heteroatoms. The van der Waals surface area contributed by atoms with Crippen molar-refractivity contribution < 1.29 is 40.6 Å². The van der Waals surface area contributed by atoms with Crippen LogP contribution in [-0.4, -0.2) is 17.8 Å². The van der Waals surface area contributed by atoms with Gasteiger partial charge >= 0.3 is 11.6 Å². The van der Waals surface area contributed by atoms with Crippen molar-refractivity contribution in [3.63, 3.8) is 0 Å². The van der Waals surface area contributed by atoms with Crippen LogP contribution in [0.1, 0.15) is 0 Å². The Hall–Kier alpha value is -1.54. The van der Waals surface area contributed by atoms with Gasteiger partial charge in [-0.05, 0) is 0 Å². The minimum Gasteiger partial charge on any atom is -0.251 e. The van der Waals surface area contributed by atoms with Gasteiger partial charge in [-0.15, -0.1) is 0 Å². The van der Waals surface area contributed by atoms with Crippen LogP contribution in [-0.2, 0) is 9.74 Å². The summed E-state index contributed by atoms with van der Waals surface area (Å²) in [6.45, 7) is 0. The molecule has 16 heavy (non-hydrogen) atoms. The molecule has 1 aliphatic rings. The van der Waals surface area contributed by atoms with E-state index >= 15 is 0 Å². The molecule has 0 radical (unpaired) electrons. The summed E-state index contributed by atoms with van der Waals surface area (Å²) in [6, 6.07) is 0. The van der Waals surface area contributed by atoms with Gasteiger partial charge < -0.3 is 0 Å². The monoisotopic (exact) mass is 250 g/mol. The summed E-state index contributed by atoms with van der Waals surface area (Å²) in [5, 5.41) is 0. The Morgan fingerprint density at radius 1 is 1.19 bits per heavy atom. The highest BCUT2D eigenvalue weighted by Gasteiger charge is 2.61. The highest BCUT2D eigenvalue weighted by atomic mass is 19.3. The van der Waals surface area contributed by atoms with Crippen LogP contribution >= 0.6 is 0 Å². The number of carbonyl (C=O) groups excluding carboxylic acids is 1. The van der Waals surface area contributed by atoms with E-state index in [9.17, 15) is 35.7 Å². The predicted molar refractivity (Wildman–Crippen MR) is 34.4 cm³/mol.